The first-order chi connectivity index (χ1) is 16.3. The van der Waals surface area contributed by atoms with Gasteiger partial charge in [-0.2, -0.15) is 4.39 Å². The van der Waals surface area contributed by atoms with Crippen LogP contribution in [0.4, 0.5) is 26.3 Å². The number of ether oxygens (including phenoxy) is 2. The van der Waals surface area contributed by atoms with Crippen LogP contribution in [0.2, 0.25) is 0 Å². The van der Waals surface area contributed by atoms with E-state index >= 15 is 8.78 Å². The van der Waals surface area contributed by atoms with E-state index in [0.717, 1.165) is 24.6 Å². The van der Waals surface area contributed by atoms with E-state index in [1.807, 2.05) is 6.92 Å². The van der Waals surface area contributed by atoms with Gasteiger partial charge in [-0.05, 0) is 42.7 Å². The minimum absolute atomic E-state index is 0.0332. The molecular weight excluding hydrogens is 458 g/mol. The highest BCUT2D eigenvalue weighted by atomic mass is 19.2. The molecule has 3 aromatic rings. The third-order valence-corrected chi connectivity index (χ3v) is 5.82. The predicted octanol–water partition coefficient (Wildman–Crippen LogP) is 8.19. The van der Waals surface area contributed by atoms with Gasteiger partial charge >= 0.3 is 0 Å². The molecule has 0 saturated heterocycles. The molecule has 0 radical (unpaired) electrons. The van der Waals surface area contributed by atoms with Gasteiger partial charge in [0.05, 0.1) is 13.2 Å². The Labute approximate surface area is 193 Å². The Morgan fingerprint density at radius 2 is 1.12 bits per heavy atom. The summed E-state index contributed by atoms with van der Waals surface area (Å²) >= 11 is 0. The molecule has 0 bridgehead atoms. The summed E-state index contributed by atoms with van der Waals surface area (Å²) in [5, 5.41) is 0. The fraction of sp³-hybridized carbons (Fsp3) is 0.308. The molecule has 4 rings (SSSR count). The monoisotopic (exact) mass is 480 g/mol. The van der Waals surface area contributed by atoms with Crippen LogP contribution in [0.15, 0.2) is 36.4 Å². The number of hydrogen-bond donors (Lipinski definition) is 0. The lowest BCUT2D eigenvalue weighted by Crippen LogP contribution is -2.16. The number of unbranched alkanes of at least 4 members (excludes halogenated alkanes) is 1. The zero-order valence-electron chi connectivity index (χ0n) is 18.5. The maximum Gasteiger partial charge on any atom is 0.201 e. The second-order valence-corrected chi connectivity index (χ2v) is 7.91. The van der Waals surface area contributed by atoms with Gasteiger partial charge in [0.25, 0.3) is 0 Å². The molecule has 1 aliphatic rings. The highest BCUT2D eigenvalue weighted by molar-refractivity contribution is 5.80. The van der Waals surface area contributed by atoms with Crippen LogP contribution in [0.5, 0.6) is 11.5 Å². The molecule has 0 amide bonds. The average Bonchev–Trinajstić information content (AvgIpc) is 2.82. The second-order valence-electron chi connectivity index (χ2n) is 7.91. The molecule has 0 N–H and O–H groups in total. The van der Waals surface area contributed by atoms with Crippen LogP contribution in [0, 0.1) is 23.3 Å². The summed E-state index contributed by atoms with van der Waals surface area (Å²) in [4.78, 5) is 0. The molecule has 180 valence electrons. The molecule has 0 fully saturated rings. The van der Waals surface area contributed by atoms with E-state index in [4.69, 9.17) is 9.47 Å². The minimum Gasteiger partial charge on any atom is -0.491 e. The second kappa shape index (κ2) is 9.60. The zero-order valence-corrected chi connectivity index (χ0v) is 18.5. The highest BCUT2D eigenvalue weighted by Gasteiger charge is 2.40. The van der Waals surface area contributed by atoms with Gasteiger partial charge in [0.2, 0.25) is 5.82 Å². The van der Waals surface area contributed by atoms with E-state index in [-0.39, 0.29) is 35.8 Å². The lowest BCUT2D eigenvalue weighted by Gasteiger charge is -2.28. The van der Waals surface area contributed by atoms with E-state index in [1.54, 1.807) is 6.92 Å². The third-order valence-electron chi connectivity index (χ3n) is 5.82. The smallest absolute Gasteiger partial charge is 0.201 e. The van der Waals surface area contributed by atoms with Gasteiger partial charge in [0.1, 0.15) is 5.82 Å². The molecule has 8 heteroatoms. The molecule has 0 aromatic heterocycles. The van der Waals surface area contributed by atoms with Crippen LogP contribution >= 0.6 is 0 Å². The number of benzene rings is 3. The summed E-state index contributed by atoms with van der Waals surface area (Å²) in [5.74, 6) is -5.54. The number of rotatable bonds is 7. The summed E-state index contributed by atoms with van der Waals surface area (Å²) in [6, 6.07) is 7.23. The van der Waals surface area contributed by atoms with Crippen molar-refractivity contribution in [2.75, 3.05) is 13.2 Å². The quantitative estimate of drug-likeness (QED) is 0.251. The van der Waals surface area contributed by atoms with Crippen molar-refractivity contribution in [3.05, 3.63) is 70.8 Å². The van der Waals surface area contributed by atoms with Crippen molar-refractivity contribution in [1.29, 1.82) is 0 Å². The third kappa shape index (κ3) is 3.89. The van der Waals surface area contributed by atoms with Crippen molar-refractivity contribution in [2.45, 2.75) is 39.0 Å². The first-order valence-corrected chi connectivity index (χ1v) is 11.0. The predicted molar refractivity (Wildman–Crippen MR) is 116 cm³/mol. The molecule has 0 aliphatic heterocycles. The van der Waals surface area contributed by atoms with Crippen molar-refractivity contribution in [1.82, 2.24) is 0 Å². The van der Waals surface area contributed by atoms with Crippen LogP contribution in [0.25, 0.3) is 22.3 Å². The van der Waals surface area contributed by atoms with Gasteiger partial charge in [-0.15, -0.1) is 0 Å². The van der Waals surface area contributed by atoms with Gasteiger partial charge in [0.15, 0.2) is 35.5 Å². The van der Waals surface area contributed by atoms with E-state index < -0.39 is 57.9 Å². The Hall–Kier alpha value is -3.16. The maximum absolute atomic E-state index is 15.5. The Morgan fingerprint density at radius 1 is 0.618 bits per heavy atom. The lowest BCUT2D eigenvalue weighted by molar-refractivity contribution is 0.159. The van der Waals surface area contributed by atoms with Crippen molar-refractivity contribution in [2.24, 2.45) is 0 Å². The summed E-state index contributed by atoms with van der Waals surface area (Å²) in [6.45, 7) is 3.82. The molecule has 2 nitrogen and oxygen atoms in total. The molecule has 0 saturated carbocycles. The average molecular weight is 480 g/mol. The molecule has 0 spiro atoms. The molecule has 2 atom stereocenters. The van der Waals surface area contributed by atoms with Crippen LogP contribution in [-0.4, -0.2) is 13.2 Å². The zero-order chi connectivity index (χ0) is 24.6. The first-order valence-electron chi connectivity index (χ1n) is 11.0. The van der Waals surface area contributed by atoms with Gasteiger partial charge in [-0.3, -0.25) is 0 Å². The van der Waals surface area contributed by atoms with Crippen LogP contribution < -0.4 is 9.47 Å². The molecule has 2 unspecified atom stereocenters. The molecule has 1 aliphatic carbocycles. The van der Waals surface area contributed by atoms with Gasteiger partial charge < -0.3 is 9.47 Å². The van der Waals surface area contributed by atoms with E-state index in [1.165, 1.54) is 18.2 Å². The van der Waals surface area contributed by atoms with Crippen molar-refractivity contribution in [3.8, 4) is 33.8 Å². The van der Waals surface area contributed by atoms with Gasteiger partial charge in [0, 0.05) is 22.3 Å². The fourth-order valence-corrected chi connectivity index (χ4v) is 4.12. The van der Waals surface area contributed by atoms with Crippen molar-refractivity contribution in [3.63, 3.8) is 0 Å². The van der Waals surface area contributed by atoms with Crippen molar-refractivity contribution >= 4 is 0 Å². The normalized spacial score (nSPS) is 16.7. The Bertz CT molecular complexity index is 1230. The molecule has 34 heavy (non-hydrogen) atoms. The number of halogens is 6. The largest absolute Gasteiger partial charge is 0.491 e. The van der Waals surface area contributed by atoms with E-state index in [0.29, 0.717) is 6.42 Å². The van der Waals surface area contributed by atoms with Gasteiger partial charge in [-0.25, -0.2) is 22.0 Å². The highest BCUT2D eigenvalue weighted by Crippen LogP contribution is 2.52. The summed E-state index contributed by atoms with van der Waals surface area (Å²) in [6.07, 6.45) is -3.64. The number of hydrogen-bond acceptors (Lipinski definition) is 2. The molecular formula is C26H22F6O2. The number of fused-ring (bicyclic) bond motifs is 3. The Balaban J connectivity index is 1.82. The van der Waals surface area contributed by atoms with E-state index in [2.05, 4.69) is 0 Å². The first kappa shape index (κ1) is 24.0. The summed E-state index contributed by atoms with van der Waals surface area (Å²) < 4.78 is 100. The molecule has 0 heterocycles. The minimum atomic E-state index is -2.56. The number of alkyl halides is 2. The van der Waals surface area contributed by atoms with Crippen LogP contribution in [-0.2, 0) is 0 Å². The summed E-state index contributed by atoms with van der Waals surface area (Å²) in [5.41, 5.74) is -2.26. The lowest BCUT2D eigenvalue weighted by atomic mass is 9.81. The SMILES string of the molecule is CCCCOc1ccc(-c2ccc3c(c2F)C(F)C(F)c2c-3ccc(OCC)c2F)c(F)c1F. The Morgan fingerprint density at radius 3 is 1.74 bits per heavy atom. The van der Waals surface area contributed by atoms with Crippen LogP contribution in [0.1, 0.15) is 50.2 Å². The van der Waals surface area contributed by atoms with Gasteiger partial charge in [-0.1, -0.05) is 31.5 Å². The fourth-order valence-electron chi connectivity index (χ4n) is 4.12. The van der Waals surface area contributed by atoms with E-state index in [9.17, 15) is 17.6 Å². The topological polar surface area (TPSA) is 18.5 Å². The maximum atomic E-state index is 15.5. The standard InChI is InChI=1S/C26H22F6O2/c1-3-5-12-34-18-11-9-16(22(28)24(18)30)15-7-6-13-14-8-10-17(33-4-2)23(29)20(14)26(32)25(31)19(13)21(15)27/h6-11,25-26H,3-5,12H2,1-2H3. The Kier molecular flexibility index (Phi) is 6.77. The molecule has 3 aromatic carbocycles. The van der Waals surface area contributed by atoms with Crippen molar-refractivity contribution < 1.29 is 35.8 Å². The van der Waals surface area contributed by atoms with Crippen LogP contribution in [0.3, 0.4) is 0 Å². The summed E-state index contributed by atoms with van der Waals surface area (Å²) in [7, 11) is 0.